The largest absolute Gasteiger partial charge is 0.419 e. The van der Waals surface area contributed by atoms with Crippen LogP contribution in [0.25, 0.3) is 11.1 Å². The van der Waals surface area contributed by atoms with Gasteiger partial charge in [-0.1, -0.05) is 48.5 Å². The number of hydrogen-bond donors (Lipinski definition) is 0. The third-order valence-corrected chi connectivity index (χ3v) is 4.54. The Labute approximate surface area is 112 Å². The van der Waals surface area contributed by atoms with E-state index in [-0.39, 0.29) is 5.60 Å². The molecule has 0 N–H and O–H groups in total. The summed E-state index contributed by atoms with van der Waals surface area (Å²) < 4.78 is 5.76. The standard InChI is InChI=1S/C16H20OSi/c1-12-8-4-5-9-13(12)14-10-6-7-11-15(14)16(2,3)17-18/h4-11H,1-3,18H3. The highest BCUT2D eigenvalue weighted by Crippen LogP contribution is 2.34. The SMILES string of the molecule is Cc1ccccc1-c1ccccc1C(C)(C)O[SiH3]. The highest BCUT2D eigenvalue weighted by Gasteiger charge is 2.22. The fourth-order valence-corrected chi connectivity index (χ4v) is 2.45. The van der Waals surface area contributed by atoms with Crippen molar-refractivity contribution in [1.29, 1.82) is 0 Å². The van der Waals surface area contributed by atoms with E-state index in [0.717, 1.165) is 10.5 Å². The van der Waals surface area contributed by atoms with Crippen molar-refractivity contribution < 1.29 is 4.43 Å². The van der Waals surface area contributed by atoms with Crippen LogP contribution in [0.2, 0.25) is 0 Å². The van der Waals surface area contributed by atoms with E-state index in [1.807, 2.05) is 0 Å². The van der Waals surface area contributed by atoms with E-state index in [2.05, 4.69) is 69.3 Å². The molecule has 0 aromatic heterocycles. The fourth-order valence-electron chi connectivity index (χ4n) is 2.23. The van der Waals surface area contributed by atoms with Crippen LogP contribution in [0.5, 0.6) is 0 Å². The monoisotopic (exact) mass is 256 g/mol. The van der Waals surface area contributed by atoms with E-state index in [4.69, 9.17) is 4.43 Å². The van der Waals surface area contributed by atoms with Crippen LogP contribution >= 0.6 is 0 Å². The molecule has 2 aromatic carbocycles. The first kappa shape index (κ1) is 13.1. The molecule has 0 aliphatic heterocycles. The lowest BCUT2D eigenvalue weighted by molar-refractivity contribution is 0.124. The highest BCUT2D eigenvalue weighted by molar-refractivity contribution is 5.98. The van der Waals surface area contributed by atoms with Gasteiger partial charge in [0.15, 0.2) is 0 Å². The van der Waals surface area contributed by atoms with Crippen molar-refractivity contribution in [2.24, 2.45) is 0 Å². The average Bonchev–Trinajstić information content (AvgIpc) is 2.39. The van der Waals surface area contributed by atoms with Gasteiger partial charge in [0.05, 0.1) is 5.60 Å². The summed E-state index contributed by atoms with van der Waals surface area (Å²) in [6.45, 7) is 6.43. The van der Waals surface area contributed by atoms with Crippen LogP contribution in [-0.4, -0.2) is 10.5 Å². The van der Waals surface area contributed by atoms with Gasteiger partial charge in [-0.25, -0.2) is 0 Å². The minimum absolute atomic E-state index is 0.217. The van der Waals surface area contributed by atoms with Crippen LogP contribution in [0.1, 0.15) is 25.0 Å². The Morgan fingerprint density at radius 3 is 2.06 bits per heavy atom. The van der Waals surface area contributed by atoms with Gasteiger partial charge in [-0.15, -0.1) is 0 Å². The molecule has 94 valence electrons. The first-order valence-electron chi connectivity index (χ1n) is 6.27. The summed E-state index contributed by atoms with van der Waals surface area (Å²) in [6, 6.07) is 17.0. The van der Waals surface area contributed by atoms with Gasteiger partial charge in [0, 0.05) is 0 Å². The summed E-state index contributed by atoms with van der Waals surface area (Å²) in [7, 11) is 0.741. The molecule has 2 heteroatoms. The molecule has 0 spiro atoms. The second-order valence-corrected chi connectivity index (χ2v) is 5.48. The van der Waals surface area contributed by atoms with Crippen LogP contribution in [0.15, 0.2) is 48.5 Å². The zero-order chi connectivity index (χ0) is 13.2. The predicted octanol–water partition coefficient (Wildman–Crippen LogP) is 3.19. The molecule has 0 aliphatic carbocycles. The van der Waals surface area contributed by atoms with Crippen molar-refractivity contribution in [2.45, 2.75) is 26.4 Å². The van der Waals surface area contributed by atoms with Crippen LogP contribution in [0.4, 0.5) is 0 Å². The third-order valence-electron chi connectivity index (χ3n) is 3.52. The molecule has 0 amide bonds. The van der Waals surface area contributed by atoms with Crippen molar-refractivity contribution in [3.05, 3.63) is 59.7 Å². The number of aryl methyl sites for hydroxylation is 1. The molecule has 0 saturated carbocycles. The second kappa shape index (κ2) is 5.08. The van der Waals surface area contributed by atoms with E-state index < -0.39 is 0 Å². The van der Waals surface area contributed by atoms with E-state index in [9.17, 15) is 0 Å². The second-order valence-electron chi connectivity index (χ2n) is 5.07. The van der Waals surface area contributed by atoms with Crippen LogP contribution in [0, 0.1) is 6.92 Å². The number of benzene rings is 2. The fraction of sp³-hybridized carbons (Fsp3) is 0.250. The Balaban J connectivity index is 2.63. The topological polar surface area (TPSA) is 9.23 Å². The van der Waals surface area contributed by atoms with E-state index >= 15 is 0 Å². The first-order valence-corrected chi connectivity index (χ1v) is 7.08. The van der Waals surface area contributed by atoms with Gasteiger partial charge in [0.25, 0.3) is 0 Å². The maximum Gasteiger partial charge on any atom is 0.147 e. The van der Waals surface area contributed by atoms with E-state index in [1.54, 1.807) is 0 Å². The Morgan fingerprint density at radius 1 is 0.889 bits per heavy atom. The van der Waals surface area contributed by atoms with Crippen molar-refractivity contribution in [3.8, 4) is 11.1 Å². The van der Waals surface area contributed by atoms with Gasteiger partial charge >= 0.3 is 0 Å². The lowest BCUT2D eigenvalue weighted by Crippen LogP contribution is -2.21. The molecular formula is C16H20OSi. The summed E-state index contributed by atoms with van der Waals surface area (Å²) >= 11 is 0. The summed E-state index contributed by atoms with van der Waals surface area (Å²) in [5.41, 5.74) is 4.91. The van der Waals surface area contributed by atoms with Gasteiger partial charge in [0.1, 0.15) is 10.5 Å². The summed E-state index contributed by atoms with van der Waals surface area (Å²) in [5, 5.41) is 0. The minimum atomic E-state index is -0.217. The quantitative estimate of drug-likeness (QED) is 0.766. The molecule has 0 saturated heterocycles. The van der Waals surface area contributed by atoms with Gasteiger partial charge < -0.3 is 4.43 Å². The number of hydrogen-bond acceptors (Lipinski definition) is 1. The molecule has 0 aliphatic rings. The summed E-state index contributed by atoms with van der Waals surface area (Å²) in [6.07, 6.45) is 0. The van der Waals surface area contributed by atoms with Crippen LogP contribution in [-0.2, 0) is 10.0 Å². The molecule has 1 nitrogen and oxygen atoms in total. The molecule has 2 aromatic rings. The molecule has 0 fully saturated rings. The van der Waals surface area contributed by atoms with Crippen molar-refractivity contribution >= 4 is 10.5 Å². The van der Waals surface area contributed by atoms with Crippen molar-refractivity contribution in [2.75, 3.05) is 0 Å². The Morgan fingerprint density at radius 2 is 1.44 bits per heavy atom. The molecule has 0 heterocycles. The molecular weight excluding hydrogens is 236 g/mol. The Kier molecular flexibility index (Phi) is 3.69. The highest BCUT2D eigenvalue weighted by atomic mass is 28.2. The normalized spacial score (nSPS) is 11.7. The maximum absolute atomic E-state index is 5.76. The van der Waals surface area contributed by atoms with Crippen molar-refractivity contribution in [3.63, 3.8) is 0 Å². The molecule has 0 bridgehead atoms. The molecule has 0 atom stereocenters. The van der Waals surface area contributed by atoms with Crippen LogP contribution in [0.3, 0.4) is 0 Å². The zero-order valence-corrected chi connectivity index (χ0v) is 13.5. The molecule has 0 radical (unpaired) electrons. The first-order chi connectivity index (χ1) is 8.56. The lowest BCUT2D eigenvalue weighted by atomic mass is 9.88. The summed E-state index contributed by atoms with van der Waals surface area (Å²) in [4.78, 5) is 0. The Hall–Kier alpha value is -1.38. The molecule has 0 unspecified atom stereocenters. The van der Waals surface area contributed by atoms with Crippen LogP contribution < -0.4 is 0 Å². The van der Waals surface area contributed by atoms with Gasteiger partial charge in [0.2, 0.25) is 0 Å². The van der Waals surface area contributed by atoms with Gasteiger partial charge in [-0.05, 0) is 43.0 Å². The third kappa shape index (κ3) is 2.40. The van der Waals surface area contributed by atoms with E-state index in [0.29, 0.717) is 0 Å². The summed E-state index contributed by atoms with van der Waals surface area (Å²) in [5.74, 6) is 0. The predicted molar refractivity (Wildman–Crippen MR) is 80.7 cm³/mol. The smallest absolute Gasteiger partial charge is 0.147 e. The van der Waals surface area contributed by atoms with Gasteiger partial charge in [-0.3, -0.25) is 0 Å². The molecule has 18 heavy (non-hydrogen) atoms. The zero-order valence-electron chi connectivity index (χ0n) is 11.5. The average molecular weight is 256 g/mol. The maximum atomic E-state index is 5.76. The van der Waals surface area contributed by atoms with Crippen molar-refractivity contribution in [1.82, 2.24) is 0 Å². The molecule has 2 rings (SSSR count). The minimum Gasteiger partial charge on any atom is -0.419 e. The Bertz CT molecular complexity index is 546. The number of rotatable bonds is 3. The lowest BCUT2D eigenvalue weighted by Gasteiger charge is -2.27. The van der Waals surface area contributed by atoms with Gasteiger partial charge in [-0.2, -0.15) is 0 Å². The van der Waals surface area contributed by atoms with E-state index in [1.165, 1.54) is 22.3 Å².